The summed E-state index contributed by atoms with van der Waals surface area (Å²) >= 11 is 5.90. The van der Waals surface area contributed by atoms with Crippen LogP contribution in [-0.2, 0) is 13.2 Å². The van der Waals surface area contributed by atoms with E-state index in [0.29, 0.717) is 29.3 Å². The van der Waals surface area contributed by atoms with Gasteiger partial charge in [0.25, 0.3) is 0 Å². The number of fused-ring (bicyclic) bond motifs is 1. The number of hydrogen-bond donors (Lipinski definition) is 1. The molecule has 0 saturated carbocycles. The van der Waals surface area contributed by atoms with Crippen molar-refractivity contribution in [1.82, 2.24) is 4.57 Å². The fourth-order valence-corrected chi connectivity index (χ4v) is 2.67. The van der Waals surface area contributed by atoms with Crippen molar-refractivity contribution in [2.75, 3.05) is 7.05 Å². The molecule has 1 N–H and O–H groups in total. The Bertz CT molecular complexity index is 872. The van der Waals surface area contributed by atoms with Crippen LogP contribution in [0.15, 0.2) is 51.7 Å². The topological polar surface area (TPSA) is 39.6 Å². The molecule has 114 valence electrons. The molecular formula is C16H15ClFN2O2+. The van der Waals surface area contributed by atoms with E-state index in [4.69, 9.17) is 16.0 Å². The second-order valence-corrected chi connectivity index (χ2v) is 5.77. The maximum atomic E-state index is 13.2. The summed E-state index contributed by atoms with van der Waals surface area (Å²) in [5, 5.41) is 0.522. The summed E-state index contributed by atoms with van der Waals surface area (Å²) in [4.78, 5) is 13.0. The molecule has 1 atom stereocenters. The van der Waals surface area contributed by atoms with Crippen LogP contribution < -0.4 is 10.7 Å². The zero-order valence-corrected chi connectivity index (χ0v) is 12.7. The minimum Gasteiger partial charge on any atom is -0.408 e. The van der Waals surface area contributed by atoms with E-state index in [-0.39, 0.29) is 5.82 Å². The molecule has 1 heterocycles. The van der Waals surface area contributed by atoms with Crippen molar-refractivity contribution in [2.45, 2.75) is 13.2 Å². The van der Waals surface area contributed by atoms with Crippen molar-refractivity contribution in [3.05, 3.63) is 69.4 Å². The Morgan fingerprint density at radius 3 is 2.86 bits per heavy atom. The number of rotatable bonds is 4. The zero-order chi connectivity index (χ0) is 15.7. The van der Waals surface area contributed by atoms with E-state index in [9.17, 15) is 9.18 Å². The van der Waals surface area contributed by atoms with Gasteiger partial charge >= 0.3 is 5.76 Å². The molecule has 0 aliphatic carbocycles. The number of hydrogen-bond acceptors (Lipinski definition) is 2. The summed E-state index contributed by atoms with van der Waals surface area (Å²) in [6.07, 6.45) is 0. The van der Waals surface area contributed by atoms with E-state index in [2.05, 4.69) is 0 Å². The van der Waals surface area contributed by atoms with Crippen LogP contribution in [-0.4, -0.2) is 11.6 Å². The first-order chi connectivity index (χ1) is 10.5. The molecule has 0 radical (unpaired) electrons. The fourth-order valence-electron chi connectivity index (χ4n) is 2.51. The van der Waals surface area contributed by atoms with Gasteiger partial charge in [-0.25, -0.2) is 13.8 Å². The van der Waals surface area contributed by atoms with Crippen LogP contribution >= 0.6 is 11.6 Å². The van der Waals surface area contributed by atoms with Crippen molar-refractivity contribution in [2.24, 2.45) is 0 Å². The molecule has 3 rings (SSSR count). The fraction of sp³-hybridized carbons (Fsp3) is 0.188. The van der Waals surface area contributed by atoms with Gasteiger partial charge in [0.05, 0.1) is 12.6 Å². The minimum atomic E-state index is -0.421. The number of nitrogens with one attached hydrogen (secondary N) is 1. The third-order valence-corrected chi connectivity index (χ3v) is 3.69. The molecule has 4 nitrogen and oxygen atoms in total. The molecule has 0 spiro atoms. The molecule has 3 aromatic rings. The summed E-state index contributed by atoms with van der Waals surface area (Å²) in [6.45, 7) is 1.02. The van der Waals surface area contributed by atoms with Crippen molar-refractivity contribution in [3.63, 3.8) is 0 Å². The predicted molar refractivity (Wildman–Crippen MR) is 82.5 cm³/mol. The molecule has 0 bridgehead atoms. The summed E-state index contributed by atoms with van der Waals surface area (Å²) in [6, 6.07) is 11.6. The minimum absolute atomic E-state index is 0.258. The second-order valence-electron chi connectivity index (χ2n) is 5.33. The van der Waals surface area contributed by atoms with Crippen molar-refractivity contribution in [3.8, 4) is 0 Å². The van der Waals surface area contributed by atoms with E-state index >= 15 is 0 Å². The number of halogens is 2. The normalized spacial score (nSPS) is 12.7. The van der Waals surface area contributed by atoms with Crippen molar-refractivity contribution < 1.29 is 13.7 Å². The highest BCUT2D eigenvalue weighted by Gasteiger charge is 2.13. The van der Waals surface area contributed by atoms with Gasteiger partial charge in [0, 0.05) is 16.7 Å². The van der Waals surface area contributed by atoms with Gasteiger partial charge in [-0.2, -0.15) is 0 Å². The Balaban J connectivity index is 1.83. The number of quaternary nitrogens is 1. The lowest BCUT2D eigenvalue weighted by atomic mass is 10.2. The van der Waals surface area contributed by atoms with Crippen molar-refractivity contribution >= 4 is 22.7 Å². The molecule has 0 aliphatic heterocycles. The molecular weight excluding hydrogens is 307 g/mol. The quantitative estimate of drug-likeness (QED) is 0.799. The van der Waals surface area contributed by atoms with Crippen LogP contribution in [0.2, 0.25) is 5.02 Å². The van der Waals surface area contributed by atoms with E-state index in [1.807, 2.05) is 13.1 Å². The third-order valence-electron chi connectivity index (χ3n) is 3.45. The molecule has 1 aromatic heterocycles. The van der Waals surface area contributed by atoms with E-state index < -0.39 is 5.76 Å². The number of nitrogens with zero attached hydrogens (tertiary/aromatic N) is 1. The van der Waals surface area contributed by atoms with Crippen LogP contribution in [0.5, 0.6) is 0 Å². The van der Waals surface area contributed by atoms with Crippen LogP contribution in [0.3, 0.4) is 0 Å². The monoisotopic (exact) mass is 321 g/mol. The summed E-state index contributed by atoms with van der Waals surface area (Å²) in [7, 11) is 1.94. The van der Waals surface area contributed by atoms with Gasteiger partial charge in [0.1, 0.15) is 12.4 Å². The second kappa shape index (κ2) is 5.94. The van der Waals surface area contributed by atoms with Gasteiger partial charge < -0.3 is 9.32 Å². The first-order valence-corrected chi connectivity index (χ1v) is 7.25. The van der Waals surface area contributed by atoms with Gasteiger partial charge in [-0.3, -0.25) is 0 Å². The Hall–Kier alpha value is -2.11. The lowest BCUT2D eigenvalue weighted by Crippen LogP contribution is -3.07. The summed E-state index contributed by atoms with van der Waals surface area (Å²) in [5.41, 5.74) is 2.05. The Kier molecular flexibility index (Phi) is 4.00. The SMILES string of the molecule is C[NH+](Cc1cccc(F)c1)Cn1c(=O)oc2cc(Cl)ccc21. The largest absolute Gasteiger partial charge is 0.424 e. The predicted octanol–water partition coefficient (Wildman–Crippen LogP) is 2.06. The lowest BCUT2D eigenvalue weighted by Gasteiger charge is -2.14. The van der Waals surface area contributed by atoms with Crippen LogP contribution in [0.25, 0.3) is 11.1 Å². The summed E-state index contributed by atoms with van der Waals surface area (Å²) < 4.78 is 20.0. The van der Waals surface area contributed by atoms with Gasteiger partial charge in [-0.15, -0.1) is 0 Å². The maximum Gasteiger partial charge on any atom is 0.424 e. The van der Waals surface area contributed by atoms with Crippen LogP contribution in [0.4, 0.5) is 4.39 Å². The molecule has 22 heavy (non-hydrogen) atoms. The standard InChI is InChI=1S/C16H14ClFN2O2/c1-19(9-11-3-2-4-13(18)7-11)10-20-14-6-5-12(17)8-15(14)22-16(20)21/h2-8H,9-10H2,1H3/p+1. The average molecular weight is 322 g/mol. The highest BCUT2D eigenvalue weighted by Crippen LogP contribution is 2.17. The first kappa shape index (κ1) is 14.8. The number of oxazole rings is 1. The third kappa shape index (κ3) is 3.05. The first-order valence-electron chi connectivity index (χ1n) is 6.87. The van der Waals surface area contributed by atoms with Crippen molar-refractivity contribution in [1.29, 1.82) is 0 Å². The Morgan fingerprint density at radius 2 is 2.09 bits per heavy atom. The Labute approximate surface area is 131 Å². The zero-order valence-electron chi connectivity index (χ0n) is 12.0. The number of aromatic nitrogens is 1. The molecule has 0 fully saturated rings. The highest BCUT2D eigenvalue weighted by atomic mass is 35.5. The molecule has 0 saturated heterocycles. The van der Waals surface area contributed by atoms with E-state index in [1.54, 1.807) is 28.8 Å². The van der Waals surface area contributed by atoms with E-state index in [0.717, 1.165) is 10.5 Å². The molecule has 0 aliphatic rings. The average Bonchev–Trinajstić information content (AvgIpc) is 2.74. The molecule has 1 unspecified atom stereocenters. The maximum absolute atomic E-state index is 13.2. The molecule has 0 amide bonds. The smallest absolute Gasteiger partial charge is 0.408 e. The molecule has 6 heteroatoms. The lowest BCUT2D eigenvalue weighted by molar-refractivity contribution is -0.916. The van der Waals surface area contributed by atoms with E-state index in [1.165, 1.54) is 12.1 Å². The number of benzene rings is 2. The van der Waals surface area contributed by atoms with Gasteiger partial charge in [-0.05, 0) is 24.3 Å². The highest BCUT2D eigenvalue weighted by molar-refractivity contribution is 6.31. The van der Waals surface area contributed by atoms with Gasteiger partial charge in [0.2, 0.25) is 0 Å². The molecule has 2 aromatic carbocycles. The van der Waals surface area contributed by atoms with Gasteiger partial charge in [-0.1, -0.05) is 23.7 Å². The van der Waals surface area contributed by atoms with Crippen LogP contribution in [0.1, 0.15) is 5.56 Å². The Morgan fingerprint density at radius 1 is 1.27 bits per heavy atom. The van der Waals surface area contributed by atoms with Crippen LogP contribution in [0, 0.1) is 5.82 Å². The van der Waals surface area contributed by atoms with Gasteiger partial charge in [0.15, 0.2) is 12.3 Å². The summed E-state index contributed by atoms with van der Waals surface area (Å²) in [5.74, 6) is -0.679.